The zero-order valence-electron chi connectivity index (χ0n) is 18.4. The number of benzene rings is 2. The molecule has 2 atom stereocenters. The molecule has 1 amide bonds. The number of carbonyl (C=O) groups excluding carboxylic acids is 1. The molecule has 0 fully saturated rings. The number of nitrogens with zero attached hydrogens (tertiary/aromatic N) is 1. The summed E-state index contributed by atoms with van der Waals surface area (Å²) in [6.07, 6.45) is -0.0668. The number of nitrogens with one attached hydrogen (secondary N) is 2. The number of aliphatic hydroxyl groups is 1. The molecule has 7 heteroatoms. The molecule has 3 N–H and O–H groups in total. The quantitative estimate of drug-likeness (QED) is 0.488. The maximum absolute atomic E-state index is 13.0. The van der Waals surface area contributed by atoms with E-state index in [-0.39, 0.29) is 5.82 Å². The first-order chi connectivity index (χ1) is 14.6. The Morgan fingerprint density at radius 1 is 1.23 bits per heavy atom. The van der Waals surface area contributed by atoms with Crippen LogP contribution in [0.25, 0.3) is 0 Å². The van der Waals surface area contributed by atoms with Gasteiger partial charge in [0.05, 0.1) is 18.0 Å². The standard InChI is InChI=1S/C24H30FN3O3/c1-15(26-12-11-16-5-8-18(25)9-6-16)27-19-10-7-17-13-21(29)22(20(17)14-19)28-23(30)31-24(2,3)4/h5-10,14,21-22,29H,11-13H2,1-4H3,(H,26,27)(H,28,30). The fraction of sp³-hybridized carbons (Fsp3) is 0.417. The summed E-state index contributed by atoms with van der Waals surface area (Å²) in [5, 5.41) is 16.5. The van der Waals surface area contributed by atoms with Gasteiger partial charge in [0.2, 0.25) is 0 Å². The molecule has 6 nitrogen and oxygen atoms in total. The summed E-state index contributed by atoms with van der Waals surface area (Å²) in [6, 6.07) is 11.7. The molecule has 0 radical (unpaired) electrons. The SMILES string of the molecule is CC(=NCCc1ccc(F)cc1)Nc1ccc2c(c1)C(NC(=O)OC(C)(C)C)C(O)C2. The summed E-state index contributed by atoms with van der Waals surface area (Å²) < 4.78 is 18.3. The lowest BCUT2D eigenvalue weighted by molar-refractivity contribution is 0.0438. The predicted molar refractivity (Wildman–Crippen MR) is 120 cm³/mol. The van der Waals surface area contributed by atoms with E-state index in [1.165, 1.54) is 12.1 Å². The van der Waals surface area contributed by atoms with Gasteiger partial charge < -0.3 is 20.5 Å². The second kappa shape index (κ2) is 9.47. The van der Waals surface area contributed by atoms with E-state index in [1.54, 1.807) is 32.9 Å². The zero-order valence-corrected chi connectivity index (χ0v) is 18.4. The number of alkyl carbamates (subject to hydrolysis) is 1. The van der Waals surface area contributed by atoms with E-state index >= 15 is 0 Å². The number of anilines is 1. The average Bonchev–Trinajstić information content (AvgIpc) is 2.97. The summed E-state index contributed by atoms with van der Waals surface area (Å²) >= 11 is 0. The molecule has 1 aliphatic carbocycles. The molecular formula is C24H30FN3O3. The van der Waals surface area contributed by atoms with Crippen LogP contribution in [-0.4, -0.2) is 35.3 Å². The van der Waals surface area contributed by atoms with Crippen LogP contribution in [0.15, 0.2) is 47.5 Å². The fourth-order valence-electron chi connectivity index (χ4n) is 3.56. The van der Waals surface area contributed by atoms with Gasteiger partial charge >= 0.3 is 6.09 Å². The third-order valence-electron chi connectivity index (χ3n) is 4.95. The van der Waals surface area contributed by atoms with Crippen molar-refractivity contribution in [1.29, 1.82) is 0 Å². The lowest BCUT2D eigenvalue weighted by atomic mass is 10.1. The number of ether oxygens (including phenoxy) is 1. The highest BCUT2D eigenvalue weighted by Gasteiger charge is 2.33. The number of hydrogen-bond acceptors (Lipinski definition) is 4. The number of amidine groups is 1. The molecule has 0 spiro atoms. The van der Waals surface area contributed by atoms with Crippen LogP contribution < -0.4 is 10.6 Å². The molecule has 31 heavy (non-hydrogen) atoms. The summed E-state index contributed by atoms with van der Waals surface area (Å²) in [5.41, 5.74) is 3.10. The molecule has 0 saturated carbocycles. The molecule has 0 bridgehead atoms. The Morgan fingerprint density at radius 3 is 2.61 bits per heavy atom. The number of aliphatic hydroxyl groups excluding tert-OH is 1. The van der Waals surface area contributed by atoms with Gasteiger partial charge in [-0.15, -0.1) is 0 Å². The van der Waals surface area contributed by atoms with Gasteiger partial charge in [-0.3, -0.25) is 4.99 Å². The second-order valence-electron chi connectivity index (χ2n) is 8.78. The number of aliphatic imine (C=N–C) groups is 1. The van der Waals surface area contributed by atoms with Crippen LogP contribution in [0, 0.1) is 5.82 Å². The van der Waals surface area contributed by atoms with E-state index in [9.17, 15) is 14.3 Å². The van der Waals surface area contributed by atoms with Gasteiger partial charge in [0, 0.05) is 18.7 Å². The lowest BCUT2D eigenvalue weighted by Gasteiger charge is -2.23. The van der Waals surface area contributed by atoms with Crippen LogP contribution in [0.3, 0.4) is 0 Å². The molecule has 3 rings (SSSR count). The second-order valence-corrected chi connectivity index (χ2v) is 8.78. The molecule has 2 aromatic rings. The van der Waals surface area contributed by atoms with E-state index < -0.39 is 23.8 Å². The largest absolute Gasteiger partial charge is 0.444 e. The van der Waals surface area contributed by atoms with Crippen molar-refractivity contribution in [1.82, 2.24) is 5.32 Å². The summed E-state index contributed by atoms with van der Waals surface area (Å²) in [5.74, 6) is 0.503. The molecule has 2 aromatic carbocycles. The van der Waals surface area contributed by atoms with Crippen molar-refractivity contribution in [2.45, 2.75) is 58.3 Å². The van der Waals surface area contributed by atoms with E-state index in [0.29, 0.717) is 13.0 Å². The smallest absolute Gasteiger partial charge is 0.408 e. The normalized spacial score (nSPS) is 18.5. The maximum Gasteiger partial charge on any atom is 0.408 e. The Hall–Kier alpha value is -2.93. The number of rotatable bonds is 5. The lowest BCUT2D eigenvalue weighted by Crippen LogP contribution is -2.38. The Morgan fingerprint density at radius 2 is 1.94 bits per heavy atom. The predicted octanol–water partition coefficient (Wildman–Crippen LogP) is 4.38. The van der Waals surface area contributed by atoms with Crippen molar-refractivity contribution in [2.75, 3.05) is 11.9 Å². The number of hydrogen-bond donors (Lipinski definition) is 3. The van der Waals surface area contributed by atoms with Crippen molar-refractivity contribution in [3.05, 3.63) is 65.0 Å². The average molecular weight is 428 g/mol. The molecule has 166 valence electrons. The number of carbonyl (C=O) groups is 1. The fourth-order valence-corrected chi connectivity index (χ4v) is 3.56. The first kappa shape index (κ1) is 22.7. The minimum atomic E-state index is -0.705. The number of amides is 1. The van der Waals surface area contributed by atoms with Gasteiger partial charge in [-0.25, -0.2) is 9.18 Å². The number of halogens is 1. The van der Waals surface area contributed by atoms with Gasteiger partial charge in [-0.05, 0) is 75.1 Å². The first-order valence-electron chi connectivity index (χ1n) is 10.4. The van der Waals surface area contributed by atoms with Crippen molar-refractivity contribution in [3.8, 4) is 0 Å². The van der Waals surface area contributed by atoms with Gasteiger partial charge in [0.1, 0.15) is 11.4 Å². The maximum atomic E-state index is 13.0. The first-order valence-corrected chi connectivity index (χ1v) is 10.4. The van der Waals surface area contributed by atoms with Gasteiger partial charge in [0.25, 0.3) is 0 Å². The minimum absolute atomic E-state index is 0.244. The van der Waals surface area contributed by atoms with Gasteiger partial charge in [-0.1, -0.05) is 18.2 Å². The summed E-state index contributed by atoms with van der Waals surface area (Å²) in [7, 11) is 0. The van der Waals surface area contributed by atoms with Gasteiger partial charge in [0.15, 0.2) is 0 Å². The summed E-state index contributed by atoms with van der Waals surface area (Å²) in [4.78, 5) is 16.7. The number of fused-ring (bicyclic) bond motifs is 1. The zero-order chi connectivity index (χ0) is 22.6. The van der Waals surface area contributed by atoms with Crippen LogP contribution in [-0.2, 0) is 17.6 Å². The van der Waals surface area contributed by atoms with Crippen LogP contribution in [0.2, 0.25) is 0 Å². The topological polar surface area (TPSA) is 83.0 Å². The Kier molecular flexibility index (Phi) is 6.95. The minimum Gasteiger partial charge on any atom is -0.444 e. The van der Waals surface area contributed by atoms with E-state index in [1.807, 2.05) is 25.1 Å². The van der Waals surface area contributed by atoms with Crippen LogP contribution in [0.5, 0.6) is 0 Å². The van der Waals surface area contributed by atoms with E-state index in [2.05, 4.69) is 15.6 Å². The third-order valence-corrected chi connectivity index (χ3v) is 4.95. The molecule has 0 saturated heterocycles. The Balaban J connectivity index is 1.62. The molecule has 0 aromatic heterocycles. The highest BCUT2D eigenvalue weighted by Crippen LogP contribution is 2.33. The van der Waals surface area contributed by atoms with Crippen molar-refractivity contribution >= 4 is 17.6 Å². The Labute approximate surface area is 182 Å². The molecule has 2 unspecified atom stereocenters. The van der Waals surface area contributed by atoms with E-state index in [0.717, 1.165) is 34.6 Å². The van der Waals surface area contributed by atoms with Crippen LogP contribution in [0.4, 0.5) is 14.9 Å². The molecule has 1 aliphatic rings. The van der Waals surface area contributed by atoms with Crippen molar-refractivity contribution in [2.24, 2.45) is 4.99 Å². The highest BCUT2D eigenvalue weighted by atomic mass is 19.1. The van der Waals surface area contributed by atoms with Crippen LogP contribution >= 0.6 is 0 Å². The molecular weight excluding hydrogens is 397 g/mol. The summed E-state index contributed by atoms with van der Waals surface area (Å²) in [6.45, 7) is 7.85. The highest BCUT2D eigenvalue weighted by molar-refractivity contribution is 5.93. The van der Waals surface area contributed by atoms with E-state index in [4.69, 9.17) is 4.74 Å². The molecule has 0 aliphatic heterocycles. The van der Waals surface area contributed by atoms with Crippen molar-refractivity contribution in [3.63, 3.8) is 0 Å². The van der Waals surface area contributed by atoms with Gasteiger partial charge in [-0.2, -0.15) is 0 Å². The van der Waals surface area contributed by atoms with Crippen molar-refractivity contribution < 1.29 is 19.0 Å². The monoisotopic (exact) mass is 427 g/mol. The molecule has 0 heterocycles. The third kappa shape index (κ3) is 6.52. The van der Waals surface area contributed by atoms with Crippen LogP contribution in [0.1, 0.15) is 50.4 Å². The Bertz CT molecular complexity index is 952.